The number of aromatic nitrogens is 2. The molecule has 0 aliphatic carbocycles. The minimum Gasteiger partial charge on any atom is -0.370 e. The number of halogens is 3. The maximum absolute atomic E-state index is 12.6. The number of hydrogen-bond donors (Lipinski definition) is 1. The zero-order chi connectivity index (χ0) is 12.8. The highest BCUT2D eigenvalue weighted by molar-refractivity contribution is 5.76. The summed E-state index contributed by atoms with van der Waals surface area (Å²) in [6.45, 7) is 0.676. The van der Waals surface area contributed by atoms with Crippen LogP contribution < -0.4 is 0 Å². The first kappa shape index (κ1) is 11.5. The molecule has 6 heteroatoms. The molecule has 3 nitrogen and oxygen atoms in total. The first-order valence-electron chi connectivity index (χ1n) is 5.72. The molecule has 1 fully saturated rings. The summed E-state index contributed by atoms with van der Waals surface area (Å²) in [5.74, 6) is 0.613. The SMILES string of the molecule is FC(F)(F)c1ccc2nc(C3CCCO3)[nH]c2c1. The molecule has 0 radical (unpaired) electrons. The number of H-pyrrole nitrogens is 1. The van der Waals surface area contributed by atoms with E-state index in [-0.39, 0.29) is 6.10 Å². The summed E-state index contributed by atoms with van der Waals surface area (Å²) in [6.07, 6.45) is -2.64. The molecule has 1 aliphatic rings. The van der Waals surface area contributed by atoms with Crippen molar-refractivity contribution in [1.82, 2.24) is 9.97 Å². The normalized spacial score (nSPS) is 20.7. The summed E-state index contributed by atoms with van der Waals surface area (Å²) in [7, 11) is 0. The molecule has 2 aromatic rings. The van der Waals surface area contributed by atoms with E-state index in [9.17, 15) is 13.2 Å². The zero-order valence-electron chi connectivity index (χ0n) is 9.42. The Morgan fingerprint density at radius 3 is 2.83 bits per heavy atom. The highest BCUT2D eigenvalue weighted by Gasteiger charge is 2.31. The monoisotopic (exact) mass is 256 g/mol. The highest BCUT2D eigenvalue weighted by Crippen LogP contribution is 2.32. The van der Waals surface area contributed by atoms with Crippen molar-refractivity contribution in [3.8, 4) is 0 Å². The molecule has 0 amide bonds. The molecule has 1 N–H and O–H groups in total. The number of nitrogens with one attached hydrogen (secondary N) is 1. The fourth-order valence-electron chi connectivity index (χ4n) is 2.15. The van der Waals surface area contributed by atoms with E-state index in [4.69, 9.17) is 4.74 Å². The number of ether oxygens (including phenoxy) is 1. The molecule has 2 heterocycles. The van der Waals surface area contributed by atoms with E-state index in [2.05, 4.69) is 9.97 Å². The molecule has 18 heavy (non-hydrogen) atoms. The Labute approximate surface area is 101 Å². The van der Waals surface area contributed by atoms with Crippen LogP contribution >= 0.6 is 0 Å². The molecule has 1 unspecified atom stereocenters. The van der Waals surface area contributed by atoms with Gasteiger partial charge in [-0.3, -0.25) is 0 Å². The van der Waals surface area contributed by atoms with Crippen LogP contribution in [0.1, 0.15) is 30.3 Å². The number of rotatable bonds is 1. The van der Waals surface area contributed by atoms with Gasteiger partial charge in [-0.15, -0.1) is 0 Å². The average Bonchev–Trinajstić information content (AvgIpc) is 2.95. The van der Waals surface area contributed by atoms with Crippen LogP contribution in [0.4, 0.5) is 13.2 Å². The fraction of sp³-hybridized carbons (Fsp3) is 0.417. The van der Waals surface area contributed by atoms with Gasteiger partial charge < -0.3 is 9.72 Å². The molecule has 1 atom stereocenters. The average molecular weight is 256 g/mol. The summed E-state index contributed by atoms with van der Waals surface area (Å²) in [6, 6.07) is 3.51. The predicted octanol–water partition coefficient (Wildman–Crippen LogP) is 3.43. The Kier molecular flexibility index (Phi) is 2.55. The Hall–Kier alpha value is -1.56. The van der Waals surface area contributed by atoms with Crippen molar-refractivity contribution < 1.29 is 17.9 Å². The van der Waals surface area contributed by atoms with Crippen LogP contribution in [-0.2, 0) is 10.9 Å². The second-order valence-electron chi connectivity index (χ2n) is 4.35. The van der Waals surface area contributed by atoms with E-state index in [0.717, 1.165) is 25.0 Å². The number of imidazole rings is 1. The van der Waals surface area contributed by atoms with Crippen molar-refractivity contribution >= 4 is 11.0 Å². The van der Waals surface area contributed by atoms with Gasteiger partial charge in [0, 0.05) is 6.61 Å². The van der Waals surface area contributed by atoms with Crippen LogP contribution in [0.5, 0.6) is 0 Å². The van der Waals surface area contributed by atoms with Crippen molar-refractivity contribution in [3.63, 3.8) is 0 Å². The van der Waals surface area contributed by atoms with Gasteiger partial charge in [-0.05, 0) is 31.0 Å². The third-order valence-electron chi connectivity index (χ3n) is 3.06. The molecule has 1 aliphatic heterocycles. The molecule has 1 aromatic carbocycles. The Morgan fingerprint density at radius 2 is 2.17 bits per heavy atom. The molecular formula is C12H11F3N2O. The summed E-state index contributed by atoms with van der Waals surface area (Å²) in [5.41, 5.74) is 0.265. The lowest BCUT2D eigenvalue weighted by molar-refractivity contribution is -0.137. The number of aromatic amines is 1. The van der Waals surface area contributed by atoms with Gasteiger partial charge in [0.15, 0.2) is 0 Å². The fourth-order valence-corrected chi connectivity index (χ4v) is 2.15. The minimum absolute atomic E-state index is 0.119. The van der Waals surface area contributed by atoms with Gasteiger partial charge in [-0.2, -0.15) is 13.2 Å². The summed E-state index contributed by atoms with van der Waals surface area (Å²) < 4.78 is 43.1. The van der Waals surface area contributed by atoms with E-state index in [1.165, 1.54) is 6.07 Å². The largest absolute Gasteiger partial charge is 0.416 e. The van der Waals surface area contributed by atoms with Crippen molar-refractivity contribution in [2.24, 2.45) is 0 Å². The predicted molar refractivity (Wildman–Crippen MR) is 59.0 cm³/mol. The molecule has 1 aromatic heterocycles. The van der Waals surface area contributed by atoms with Crippen molar-refractivity contribution in [3.05, 3.63) is 29.6 Å². The molecule has 1 saturated heterocycles. The topological polar surface area (TPSA) is 37.9 Å². The Morgan fingerprint density at radius 1 is 1.33 bits per heavy atom. The van der Waals surface area contributed by atoms with Crippen molar-refractivity contribution in [1.29, 1.82) is 0 Å². The second kappa shape index (κ2) is 3.98. The smallest absolute Gasteiger partial charge is 0.370 e. The molecule has 3 rings (SSSR count). The molecule has 0 spiro atoms. The van der Waals surface area contributed by atoms with Gasteiger partial charge >= 0.3 is 6.18 Å². The van der Waals surface area contributed by atoms with E-state index < -0.39 is 11.7 Å². The first-order valence-corrected chi connectivity index (χ1v) is 5.72. The lowest BCUT2D eigenvalue weighted by Gasteiger charge is -2.05. The standard InChI is InChI=1S/C12H11F3N2O/c13-12(14,15)7-3-4-8-9(6-7)17-11(16-8)10-2-1-5-18-10/h3-4,6,10H,1-2,5H2,(H,16,17). The van der Waals surface area contributed by atoms with Crippen LogP contribution in [0.25, 0.3) is 11.0 Å². The minimum atomic E-state index is -4.33. The number of benzene rings is 1. The third kappa shape index (κ3) is 1.96. The van der Waals surface area contributed by atoms with Gasteiger partial charge in [-0.1, -0.05) is 0 Å². The zero-order valence-corrected chi connectivity index (χ0v) is 9.42. The third-order valence-corrected chi connectivity index (χ3v) is 3.06. The van der Waals surface area contributed by atoms with E-state index in [1.54, 1.807) is 0 Å². The van der Waals surface area contributed by atoms with E-state index in [0.29, 0.717) is 23.5 Å². The molecule has 0 saturated carbocycles. The van der Waals surface area contributed by atoms with Gasteiger partial charge in [0.2, 0.25) is 0 Å². The Balaban J connectivity index is 2.01. The van der Waals surface area contributed by atoms with Crippen molar-refractivity contribution in [2.45, 2.75) is 25.1 Å². The van der Waals surface area contributed by atoms with Gasteiger partial charge in [0.1, 0.15) is 11.9 Å². The van der Waals surface area contributed by atoms with Crippen LogP contribution in [-0.4, -0.2) is 16.6 Å². The number of hydrogen-bond acceptors (Lipinski definition) is 2. The van der Waals surface area contributed by atoms with Gasteiger partial charge in [0.05, 0.1) is 16.6 Å². The maximum Gasteiger partial charge on any atom is 0.416 e. The van der Waals surface area contributed by atoms with Gasteiger partial charge in [-0.25, -0.2) is 4.98 Å². The highest BCUT2D eigenvalue weighted by atomic mass is 19.4. The number of nitrogens with zero attached hydrogens (tertiary/aromatic N) is 1. The lowest BCUT2D eigenvalue weighted by Crippen LogP contribution is -2.04. The van der Waals surface area contributed by atoms with Crippen LogP contribution in [0.3, 0.4) is 0 Å². The summed E-state index contributed by atoms with van der Waals surface area (Å²) in [5, 5.41) is 0. The number of alkyl halides is 3. The quantitative estimate of drug-likeness (QED) is 0.848. The van der Waals surface area contributed by atoms with Crippen LogP contribution in [0.15, 0.2) is 18.2 Å². The van der Waals surface area contributed by atoms with Crippen LogP contribution in [0.2, 0.25) is 0 Å². The second-order valence-corrected chi connectivity index (χ2v) is 4.35. The molecular weight excluding hydrogens is 245 g/mol. The first-order chi connectivity index (χ1) is 8.54. The summed E-state index contributed by atoms with van der Waals surface area (Å²) in [4.78, 5) is 7.18. The molecule has 0 bridgehead atoms. The maximum atomic E-state index is 12.6. The Bertz CT molecular complexity index is 570. The molecule has 96 valence electrons. The number of fused-ring (bicyclic) bond motifs is 1. The van der Waals surface area contributed by atoms with Crippen molar-refractivity contribution in [2.75, 3.05) is 6.61 Å². The van der Waals surface area contributed by atoms with Gasteiger partial charge in [0.25, 0.3) is 0 Å². The van der Waals surface area contributed by atoms with E-state index >= 15 is 0 Å². The van der Waals surface area contributed by atoms with E-state index in [1.807, 2.05) is 0 Å². The summed E-state index contributed by atoms with van der Waals surface area (Å²) >= 11 is 0. The lowest BCUT2D eigenvalue weighted by atomic mass is 10.2. The van der Waals surface area contributed by atoms with Crippen LogP contribution in [0, 0.1) is 0 Å².